The Morgan fingerprint density at radius 1 is 1.35 bits per heavy atom. The minimum absolute atomic E-state index is 0.0127. The number of hydrogen-bond donors (Lipinski definition) is 3. The number of sulfone groups is 1. The van der Waals surface area contributed by atoms with Crippen molar-refractivity contribution < 1.29 is 37.9 Å². The first-order valence-corrected chi connectivity index (χ1v) is 12.8. The van der Waals surface area contributed by atoms with E-state index in [0.29, 0.717) is 9.75 Å². The van der Waals surface area contributed by atoms with E-state index in [1.807, 2.05) is 0 Å². The summed E-state index contributed by atoms with van der Waals surface area (Å²) < 4.78 is 27.2. The van der Waals surface area contributed by atoms with Crippen molar-refractivity contribution in [3.05, 3.63) is 21.4 Å². The number of aliphatic hydroxyl groups excluding tert-OH is 1. The van der Waals surface area contributed by atoms with E-state index >= 15 is 0 Å². The van der Waals surface area contributed by atoms with Gasteiger partial charge in [0.05, 0.1) is 28.9 Å². The summed E-state index contributed by atoms with van der Waals surface area (Å²) in [6, 6.07) is 1.75. The predicted molar refractivity (Wildman–Crippen MR) is 120 cm³/mol. The number of fused-ring (bicyclic) bond motifs is 1. The van der Waals surface area contributed by atoms with Crippen LogP contribution in [0.15, 0.2) is 6.07 Å². The summed E-state index contributed by atoms with van der Waals surface area (Å²) in [6.45, 7) is 1.84. The molecule has 13 heteroatoms. The van der Waals surface area contributed by atoms with Crippen LogP contribution in [0.4, 0.5) is 4.79 Å². The molecule has 2 aliphatic rings. The van der Waals surface area contributed by atoms with Gasteiger partial charge >= 0.3 is 6.09 Å². The average molecular weight is 510 g/mol. The largest absolute Gasteiger partial charge is 0.436 e. The standard InChI is InChI=1S/C21H23N3O8S2/c1-21(19(27)22-29,34(2,30)31)7-8-23-11-14-10-16(33-17(14)18(23)26)6-4-3-5-9-32-20(28)24-12-15(25)13-24/h10,15,25,29H,7-9,11-13H2,1-2H3,(H,22,27)/t21-/m1/s1. The number of nitrogens with zero attached hydrogens (tertiary/aromatic N) is 2. The van der Waals surface area contributed by atoms with Crippen LogP contribution in [-0.4, -0.2) is 89.8 Å². The topological polar surface area (TPSA) is 154 Å². The second-order valence-corrected chi connectivity index (χ2v) is 11.5. The van der Waals surface area contributed by atoms with Crippen molar-refractivity contribution in [3.8, 4) is 23.7 Å². The van der Waals surface area contributed by atoms with Crippen molar-refractivity contribution in [1.82, 2.24) is 15.3 Å². The van der Waals surface area contributed by atoms with Gasteiger partial charge in [0.25, 0.3) is 11.8 Å². The molecule has 182 valence electrons. The summed E-state index contributed by atoms with van der Waals surface area (Å²) in [6.07, 6.45) is -0.319. The minimum atomic E-state index is -3.85. The van der Waals surface area contributed by atoms with Crippen LogP contribution in [-0.2, 0) is 25.9 Å². The number of carbonyl (C=O) groups is 3. The van der Waals surface area contributed by atoms with Crippen molar-refractivity contribution >= 4 is 39.1 Å². The predicted octanol–water partition coefficient (Wildman–Crippen LogP) is -0.429. The molecule has 1 atom stereocenters. The van der Waals surface area contributed by atoms with Crippen LogP contribution >= 0.6 is 11.3 Å². The van der Waals surface area contributed by atoms with Gasteiger partial charge in [-0.1, -0.05) is 0 Å². The Morgan fingerprint density at radius 3 is 2.65 bits per heavy atom. The maximum absolute atomic E-state index is 12.7. The second-order valence-electron chi connectivity index (χ2n) is 8.05. The number of carbonyl (C=O) groups excluding carboxylic acids is 3. The van der Waals surface area contributed by atoms with E-state index in [4.69, 9.17) is 15.1 Å². The zero-order valence-electron chi connectivity index (χ0n) is 18.5. The maximum Gasteiger partial charge on any atom is 0.410 e. The van der Waals surface area contributed by atoms with Gasteiger partial charge in [0, 0.05) is 19.3 Å². The Labute approximate surface area is 200 Å². The molecule has 1 saturated heterocycles. The lowest BCUT2D eigenvalue weighted by Gasteiger charge is -2.34. The zero-order chi connectivity index (χ0) is 25.1. The number of thiophene rings is 1. The number of nitrogens with one attached hydrogen (secondary N) is 1. The van der Waals surface area contributed by atoms with Crippen LogP contribution in [0.25, 0.3) is 0 Å². The molecule has 1 aromatic rings. The third-order valence-electron chi connectivity index (χ3n) is 5.64. The molecule has 11 nitrogen and oxygen atoms in total. The summed E-state index contributed by atoms with van der Waals surface area (Å²) in [7, 11) is -3.85. The molecule has 1 fully saturated rings. The first kappa shape index (κ1) is 25.5. The average Bonchev–Trinajstić information content (AvgIpc) is 3.28. The highest BCUT2D eigenvalue weighted by atomic mass is 32.2. The fourth-order valence-corrected chi connectivity index (χ4v) is 5.13. The summed E-state index contributed by atoms with van der Waals surface area (Å²) >= 11 is 1.18. The van der Waals surface area contributed by atoms with Crippen LogP contribution in [0.5, 0.6) is 0 Å². The zero-order valence-corrected chi connectivity index (χ0v) is 20.1. The highest BCUT2D eigenvalue weighted by molar-refractivity contribution is 7.92. The monoisotopic (exact) mass is 509 g/mol. The lowest BCUT2D eigenvalue weighted by Crippen LogP contribution is -2.53. The van der Waals surface area contributed by atoms with E-state index in [1.165, 1.54) is 33.5 Å². The Kier molecular flexibility index (Phi) is 7.53. The number of hydroxylamine groups is 1. The molecule has 3 rings (SSSR count). The van der Waals surface area contributed by atoms with Crippen LogP contribution in [0.2, 0.25) is 0 Å². The van der Waals surface area contributed by atoms with Crippen LogP contribution in [0.3, 0.4) is 0 Å². The molecule has 0 spiro atoms. The lowest BCUT2D eigenvalue weighted by atomic mass is 10.1. The molecule has 0 bridgehead atoms. The first-order valence-electron chi connectivity index (χ1n) is 10.1. The molecule has 2 aliphatic heterocycles. The molecular formula is C21H23N3O8S2. The molecule has 0 aromatic carbocycles. The van der Waals surface area contributed by atoms with Gasteiger partial charge in [-0.3, -0.25) is 14.8 Å². The van der Waals surface area contributed by atoms with Crippen LogP contribution in [0.1, 0.15) is 33.5 Å². The van der Waals surface area contributed by atoms with Gasteiger partial charge < -0.3 is 19.6 Å². The Bertz CT molecular complexity index is 1230. The summed E-state index contributed by atoms with van der Waals surface area (Å²) in [5, 5.41) is 18.1. The first-order chi connectivity index (χ1) is 16.0. The third kappa shape index (κ3) is 5.34. The molecule has 0 radical (unpaired) electrons. The lowest BCUT2D eigenvalue weighted by molar-refractivity contribution is -0.131. The fourth-order valence-electron chi connectivity index (χ4n) is 3.29. The third-order valence-corrected chi connectivity index (χ3v) is 8.74. The van der Waals surface area contributed by atoms with Crippen molar-refractivity contribution in [1.29, 1.82) is 0 Å². The number of β-amino-alcohol motifs (C(OH)–C–C–N with tert-alkyl or cyclic N) is 1. The van der Waals surface area contributed by atoms with Gasteiger partial charge in [0.2, 0.25) is 0 Å². The van der Waals surface area contributed by atoms with Gasteiger partial charge in [-0.2, -0.15) is 0 Å². The SMILES string of the molecule is C[C@@](CCN1Cc2cc(C#CC#CCOC(=O)N3CC(O)C3)sc2C1=O)(C(=O)NO)S(C)(=O)=O. The minimum Gasteiger partial charge on any atom is -0.436 e. The van der Waals surface area contributed by atoms with Gasteiger partial charge in [-0.05, 0) is 48.7 Å². The number of hydrogen-bond acceptors (Lipinski definition) is 9. The molecule has 3 heterocycles. The number of aliphatic hydroxyl groups is 1. The Balaban J connectivity index is 1.53. The number of amides is 3. The highest BCUT2D eigenvalue weighted by Gasteiger charge is 2.44. The summed E-state index contributed by atoms with van der Waals surface area (Å²) in [4.78, 5) is 40.1. The van der Waals surface area contributed by atoms with E-state index in [9.17, 15) is 22.8 Å². The van der Waals surface area contributed by atoms with Crippen molar-refractivity contribution in [2.75, 3.05) is 32.5 Å². The number of likely N-dealkylation sites (tertiary alicyclic amines) is 1. The Hall–Kier alpha value is -3.10. The maximum atomic E-state index is 12.7. The van der Waals surface area contributed by atoms with Crippen molar-refractivity contribution in [2.24, 2.45) is 0 Å². The molecule has 0 unspecified atom stereocenters. The van der Waals surface area contributed by atoms with E-state index in [0.717, 1.165) is 11.8 Å². The fraction of sp³-hybridized carbons (Fsp3) is 0.476. The van der Waals surface area contributed by atoms with Gasteiger partial charge in [-0.15, -0.1) is 11.3 Å². The molecular weight excluding hydrogens is 486 g/mol. The summed E-state index contributed by atoms with van der Waals surface area (Å²) in [5.74, 6) is 9.28. The molecule has 0 aliphatic carbocycles. The van der Waals surface area contributed by atoms with E-state index in [-0.39, 0.29) is 45.1 Å². The van der Waals surface area contributed by atoms with Gasteiger partial charge in [0.15, 0.2) is 21.2 Å². The van der Waals surface area contributed by atoms with E-state index in [2.05, 4.69) is 23.7 Å². The van der Waals surface area contributed by atoms with Crippen molar-refractivity contribution in [3.63, 3.8) is 0 Å². The normalized spacial score (nSPS) is 16.9. The van der Waals surface area contributed by atoms with Crippen LogP contribution in [0, 0.1) is 23.7 Å². The molecule has 0 saturated carbocycles. The second kappa shape index (κ2) is 10.0. The van der Waals surface area contributed by atoms with E-state index < -0.39 is 32.7 Å². The highest BCUT2D eigenvalue weighted by Crippen LogP contribution is 2.32. The smallest absolute Gasteiger partial charge is 0.410 e. The van der Waals surface area contributed by atoms with Crippen LogP contribution < -0.4 is 5.48 Å². The molecule has 3 amide bonds. The van der Waals surface area contributed by atoms with Gasteiger partial charge in [0.1, 0.15) is 0 Å². The van der Waals surface area contributed by atoms with E-state index in [1.54, 1.807) is 6.07 Å². The molecule has 3 N–H and O–H groups in total. The van der Waals surface area contributed by atoms with Gasteiger partial charge in [-0.25, -0.2) is 18.7 Å². The Morgan fingerprint density at radius 2 is 2.06 bits per heavy atom. The summed E-state index contributed by atoms with van der Waals surface area (Å²) in [5.41, 5.74) is 2.13. The molecule has 34 heavy (non-hydrogen) atoms. The van der Waals surface area contributed by atoms with Crippen molar-refractivity contribution in [2.45, 2.75) is 30.7 Å². The molecule has 1 aromatic heterocycles. The number of rotatable bonds is 6. The quantitative estimate of drug-likeness (QED) is 0.265. The number of ether oxygens (including phenoxy) is 1.